The summed E-state index contributed by atoms with van der Waals surface area (Å²) < 4.78 is 31.7. The van der Waals surface area contributed by atoms with Crippen molar-refractivity contribution in [3.8, 4) is 0 Å². The number of anilines is 1. The average Bonchev–Trinajstić information content (AvgIpc) is 3.73. The first-order valence-corrected chi connectivity index (χ1v) is 21.3. The lowest BCUT2D eigenvalue weighted by atomic mass is 9.83. The van der Waals surface area contributed by atoms with Crippen molar-refractivity contribution in [2.45, 2.75) is 110 Å². The van der Waals surface area contributed by atoms with Crippen molar-refractivity contribution >= 4 is 58.7 Å². The molecule has 21 heteroatoms. The minimum absolute atomic E-state index is 0.00736. The number of nitrogens with two attached hydrogens (primary N) is 1. The molecule has 0 unspecified atom stereocenters. The van der Waals surface area contributed by atoms with E-state index in [2.05, 4.69) is 31.9 Å². The molecule has 0 saturated carbocycles. The zero-order chi connectivity index (χ0) is 48.8. The first kappa shape index (κ1) is 53.0. The first-order chi connectivity index (χ1) is 30.4. The van der Waals surface area contributed by atoms with Crippen molar-refractivity contribution in [1.82, 2.24) is 31.5 Å². The molecule has 2 aromatic rings. The van der Waals surface area contributed by atoms with Gasteiger partial charge < -0.3 is 47.6 Å². The number of aliphatic carboxylic acids is 1. The molecule has 1 aliphatic carbocycles. The summed E-state index contributed by atoms with van der Waals surface area (Å²) in [6, 6.07) is 7.32. The predicted molar refractivity (Wildman–Crippen MR) is 231 cm³/mol. The molecule has 0 spiro atoms. The number of ketones is 2. The van der Waals surface area contributed by atoms with Crippen LogP contribution in [0.2, 0.25) is 0 Å². The number of carbonyl (C=O) groups excluding carboxylic acids is 8. The maximum atomic E-state index is 14.0. The largest absolute Gasteiger partial charge is 0.490 e. The summed E-state index contributed by atoms with van der Waals surface area (Å²) in [6.07, 6.45) is -2.96. The van der Waals surface area contributed by atoms with E-state index in [0.29, 0.717) is 66.7 Å². The van der Waals surface area contributed by atoms with Gasteiger partial charge in [0.25, 0.3) is 0 Å². The Hall–Kier alpha value is -6.38. The number of carbonyl (C=O) groups is 9. The highest BCUT2D eigenvalue weighted by Gasteiger charge is 2.39. The molecule has 5 atom stereocenters. The molecule has 0 radical (unpaired) electrons. The Bertz CT molecular complexity index is 2090. The number of alkyl halides is 3. The van der Waals surface area contributed by atoms with Gasteiger partial charge in [0, 0.05) is 42.0 Å². The summed E-state index contributed by atoms with van der Waals surface area (Å²) in [6.45, 7) is 11.2. The smallest absolute Gasteiger partial charge is 0.475 e. The van der Waals surface area contributed by atoms with Crippen LogP contribution in [0, 0.1) is 11.8 Å². The van der Waals surface area contributed by atoms with Crippen LogP contribution in [0.3, 0.4) is 0 Å². The second kappa shape index (κ2) is 24.1. The predicted octanol–water partition coefficient (Wildman–Crippen LogP) is 2.03. The van der Waals surface area contributed by atoms with Gasteiger partial charge in [0.1, 0.15) is 24.2 Å². The molecule has 9 N–H and O–H groups in total. The highest BCUT2D eigenvalue weighted by atomic mass is 19.4. The third-order valence-corrected chi connectivity index (χ3v) is 10.3. The Labute approximate surface area is 374 Å². The van der Waals surface area contributed by atoms with E-state index in [1.54, 1.807) is 42.5 Å². The zero-order valence-corrected chi connectivity index (χ0v) is 37.2. The van der Waals surface area contributed by atoms with Crippen LogP contribution >= 0.6 is 0 Å². The fourth-order valence-corrected chi connectivity index (χ4v) is 7.08. The molecule has 1 fully saturated rings. The van der Waals surface area contributed by atoms with Crippen LogP contribution in [0.1, 0.15) is 105 Å². The van der Waals surface area contributed by atoms with Crippen LogP contribution in [-0.2, 0) is 33.6 Å². The van der Waals surface area contributed by atoms with Crippen molar-refractivity contribution in [2.24, 2.45) is 17.6 Å². The van der Waals surface area contributed by atoms with E-state index in [-0.39, 0.29) is 48.8 Å². The van der Waals surface area contributed by atoms with Gasteiger partial charge in [0.05, 0.1) is 18.2 Å². The van der Waals surface area contributed by atoms with Crippen LogP contribution in [-0.4, -0.2) is 126 Å². The molecule has 6 amide bonds. The van der Waals surface area contributed by atoms with Gasteiger partial charge in [-0.05, 0) is 63.9 Å². The third kappa shape index (κ3) is 15.4. The number of amides is 6. The van der Waals surface area contributed by atoms with Crippen LogP contribution in [0.15, 0.2) is 42.5 Å². The lowest BCUT2D eigenvalue weighted by molar-refractivity contribution is -0.192. The maximum Gasteiger partial charge on any atom is 0.490 e. The van der Waals surface area contributed by atoms with E-state index in [9.17, 15) is 51.5 Å². The van der Waals surface area contributed by atoms with Crippen molar-refractivity contribution in [3.63, 3.8) is 0 Å². The third-order valence-electron chi connectivity index (χ3n) is 10.3. The van der Waals surface area contributed by atoms with E-state index in [0.717, 1.165) is 0 Å². The van der Waals surface area contributed by atoms with Crippen molar-refractivity contribution in [2.75, 3.05) is 31.5 Å². The second-order valence-electron chi connectivity index (χ2n) is 16.7. The minimum Gasteiger partial charge on any atom is -0.475 e. The fraction of sp³-hybridized carbons (Fsp3) is 0.523. The summed E-state index contributed by atoms with van der Waals surface area (Å²) in [5.74, 6) is -6.19. The van der Waals surface area contributed by atoms with Crippen LogP contribution in [0.25, 0.3) is 0 Å². The van der Waals surface area contributed by atoms with Gasteiger partial charge in [-0.2, -0.15) is 13.2 Å². The van der Waals surface area contributed by atoms with Crippen molar-refractivity contribution in [1.29, 1.82) is 0 Å². The number of halogens is 3. The number of hydrogen-bond donors (Lipinski definition) is 8. The highest BCUT2D eigenvalue weighted by Crippen LogP contribution is 2.32. The van der Waals surface area contributed by atoms with Crippen LogP contribution < -0.4 is 37.6 Å². The van der Waals surface area contributed by atoms with Crippen molar-refractivity contribution in [3.05, 3.63) is 64.7 Å². The number of carboxylic acids is 1. The summed E-state index contributed by atoms with van der Waals surface area (Å²) in [4.78, 5) is 115. The van der Waals surface area contributed by atoms with Crippen LogP contribution in [0.4, 0.5) is 18.9 Å². The molecule has 356 valence electrons. The average molecular weight is 917 g/mol. The topological polar surface area (TPSA) is 275 Å². The molecule has 1 saturated heterocycles. The monoisotopic (exact) mass is 916 g/mol. The minimum atomic E-state index is -5.08. The molecule has 0 bridgehead atoms. The molecule has 18 nitrogen and oxygen atoms in total. The normalized spacial score (nSPS) is 16.1. The summed E-state index contributed by atoms with van der Waals surface area (Å²) >= 11 is 0. The van der Waals surface area contributed by atoms with Gasteiger partial charge in [-0.3, -0.25) is 38.4 Å². The molecular weight excluding hydrogens is 858 g/mol. The van der Waals surface area contributed by atoms with Gasteiger partial charge in [-0.15, -0.1) is 0 Å². The standard InChI is InChI=1S/C42H58N8O8.C2HF3O2/c1-23(2)20-31(48-34(51)22-46-38(54)25(5)43)40(56)47-26(6)39(55)49-32(21-24(3)4)42(58)50-19-10-16-33(50)41(57)45-18-11-17-44-30-15-9-14-29-35(30)37(53)28-13-8-7-12-27(28)36(29)52;3-2(4,5)1(6)7/h7-9,12-15,23-26,31-33,44H,10-11,16-22,43H2,1-6H3,(H,45,57)(H,46,54)(H,47,56)(H,48,51)(H,49,55);(H,6,7)/t25-,26-,31-,32-,33-;/m0./s1. The molecule has 1 heterocycles. The number of benzene rings is 2. The molecule has 2 aromatic carbocycles. The fourth-order valence-electron chi connectivity index (χ4n) is 7.08. The summed E-state index contributed by atoms with van der Waals surface area (Å²) in [7, 11) is 0. The van der Waals surface area contributed by atoms with Gasteiger partial charge in [0.15, 0.2) is 11.6 Å². The Morgan fingerprint density at radius 2 is 1.34 bits per heavy atom. The Morgan fingerprint density at radius 3 is 1.92 bits per heavy atom. The molecule has 65 heavy (non-hydrogen) atoms. The van der Waals surface area contributed by atoms with Gasteiger partial charge in [-0.1, -0.05) is 64.1 Å². The molecule has 0 aromatic heterocycles. The Morgan fingerprint density at radius 1 is 0.754 bits per heavy atom. The van der Waals surface area contributed by atoms with E-state index < -0.39 is 71.9 Å². The number of nitrogens with one attached hydrogen (secondary N) is 6. The number of nitrogens with zero attached hydrogens (tertiary/aromatic N) is 1. The second-order valence-corrected chi connectivity index (χ2v) is 16.7. The SMILES string of the molecule is CC(C)C[C@H](NC(=O)CNC(=O)[C@H](C)N)C(=O)N[C@@H](C)C(=O)N[C@@H](CC(C)C)C(=O)N1CCC[C@H]1C(=O)NCCCNc1cccc2c1C(=O)c1ccccc1C2=O.O=C(O)C(F)(F)F. The summed E-state index contributed by atoms with van der Waals surface area (Å²) in [5.41, 5.74) is 7.49. The quantitative estimate of drug-likeness (QED) is 0.0803. The molecule has 2 aliphatic rings. The lowest BCUT2D eigenvalue weighted by Crippen LogP contribution is -2.58. The Balaban J connectivity index is 0.00000148. The van der Waals surface area contributed by atoms with Gasteiger partial charge in [0.2, 0.25) is 35.4 Å². The first-order valence-electron chi connectivity index (χ1n) is 21.3. The van der Waals surface area contributed by atoms with E-state index >= 15 is 0 Å². The molecular formula is C44H59F3N8O10. The molecule has 1 aliphatic heterocycles. The van der Waals surface area contributed by atoms with E-state index in [1.165, 1.54) is 18.7 Å². The maximum absolute atomic E-state index is 14.0. The van der Waals surface area contributed by atoms with E-state index in [1.807, 2.05) is 27.7 Å². The van der Waals surface area contributed by atoms with Gasteiger partial charge >= 0.3 is 12.1 Å². The zero-order valence-electron chi connectivity index (χ0n) is 37.2. The Kier molecular flexibility index (Phi) is 19.6. The lowest BCUT2D eigenvalue weighted by Gasteiger charge is -2.30. The van der Waals surface area contributed by atoms with Crippen LogP contribution in [0.5, 0.6) is 0 Å². The molecule has 4 rings (SSSR count). The number of fused-ring (bicyclic) bond motifs is 2. The number of hydrogen-bond acceptors (Lipinski definition) is 11. The number of likely N-dealkylation sites (tertiary alicyclic amines) is 1. The highest BCUT2D eigenvalue weighted by molar-refractivity contribution is 6.30. The van der Waals surface area contributed by atoms with Gasteiger partial charge in [-0.25, -0.2) is 4.79 Å². The van der Waals surface area contributed by atoms with Crippen molar-refractivity contribution < 1.29 is 61.4 Å². The summed E-state index contributed by atoms with van der Waals surface area (Å²) in [5, 5.41) is 23.7. The van der Waals surface area contributed by atoms with E-state index in [4.69, 9.17) is 15.6 Å². The number of rotatable bonds is 19. The number of carboxylic acid groups (broad SMARTS) is 1.